The maximum atomic E-state index is 9.47. The number of nitrogens with zero attached hydrogens (tertiary/aromatic N) is 1. The van der Waals surface area contributed by atoms with E-state index in [0.29, 0.717) is 5.41 Å². The summed E-state index contributed by atoms with van der Waals surface area (Å²) >= 11 is 0. The highest BCUT2D eigenvalue weighted by Gasteiger charge is 2.29. The number of β-amino-alcohol motifs (C(OH)–C–C–N with tert-alkyl or cyclic N) is 1. The van der Waals surface area contributed by atoms with Crippen molar-refractivity contribution in [1.29, 1.82) is 0 Å². The molecule has 1 heterocycles. The number of likely N-dealkylation sites (tertiary alicyclic amines) is 1. The van der Waals surface area contributed by atoms with Gasteiger partial charge in [0.2, 0.25) is 0 Å². The third-order valence-electron chi connectivity index (χ3n) is 4.22. The molecule has 1 N–H and O–H groups in total. The lowest BCUT2D eigenvalue weighted by atomic mass is 9.73. The minimum absolute atomic E-state index is 0.0509. The Morgan fingerprint density at radius 1 is 1.20 bits per heavy atom. The summed E-state index contributed by atoms with van der Waals surface area (Å²) in [7, 11) is 0. The van der Waals surface area contributed by atoms with Crippen molar-refractivity contribution >= 4 is 0 Å². The third-order valence-corrected chi connectivity index (χ3v) is 4.22. The smallest absolute Gasteiger partial charge is 0.0679 e. The van der Waals surface area contributed by atoms with E-state index >= 15 is 0 Å². The van der Waals surface area contributed by atoms with Crippen LogP contribution in [0, 0.1) is 11.3 Å². The Kier molecular flexibility index (Phi) is 3.36. The van der Waals surface area contributed by atoms with Crippen LogP contribution in [-0.4, -0.2) is 35.7 Å². The molecule has 2 rings (SSSR count). The fourth-order valence-electron chi connectivity index (χ4n) is 2.98. The lowest BCUT2D eigenvalue weighted by Crippen LogP contribution is -2.32. The minimum Gasteiger partial charge on any atom is -0.392 e. The van der Waals surface area contributed by atoms with Crippen molar-refractivity contribution in [3.63, 3.8) is 0 Å². The maximum absolute atomic E-state index is 9.47. The quantitative estimate of drug-likeness (QED) is 0.757. The van der Waals surface area contributed by atoms with E-state index in [0.717, 1.165) is 25.4 Å². The van der Waals surface area contributed by atoms with Crippen LogP contribution in [0.2, 0.25) is 0 Å². The van der Waals surface area contributed by atoms with Gasteiger partial charge in [0.25, 0.3) is 0 Å². The molecular formula is C13H25NO. The monoisotopic (exact) mass is 211 g/mol. The largest absolute Gasteiger partial charge is 0.392 e. The summed E-state index contributed by atoms with van der Waals surface area (Å²) in [6, 6.07) is 0. The number of hydrogen-bond donors (Lipinski definition) is 1. The molecule has 1 aliphatic heterocycles. The second-order valence-electron chi connectivity index (χ2n) is 6.31. The molecule has 0 amide bonds. The summed E-state index contributed by atoms with van der Waals surface area (Å²) in [5.41, 5.74) is 0.584. The molecule has 0 aromatic rings. The second-order valence-corrected chi connectivity index (χ2v) is 6.31. The Labute approximate surface area is 93.7 Å². The van der Waals surface area contributed by atoms with Crippen LogP contribution in [0.1, 0.15) is 46.0 Å². The van der Waals surface area contributed by atoms with Gasteiger partial charge in [0, 0.05) is 19.6 Å². The zero-order valence-corrected chi connectivity index (χ0v) is 10.2. The molecule has 1 aliphatic carbocycles. The molecule has 2 heteroatoms. The van der Waals surface area contributed by atoms with E-state index in [-0.39, 0.29) is 6.10 Å². The fourth-order valence-corrected chi connectivity index (χ4v) is 2.98. The molecule has 1 atom stereocenters. The van der Waals surface area contributed by atoms with Gasteiger partial charge in [-0.15, -0.1) is 0 Å². The summed E-state index contributed by atoms with van der Waals surface area (Å²) in [6.45, 7) is 8.04. The van der Waals surface area contributed by atoms with Crippen molar-refractivity contribution in [1.82, 2.24) is 4.90 Å². The summed E-state index contributed by atoms with van der Waals surface area (Å²) in [4.78, 5) is 2.45. The Morgan fingerprint density at radius 3 is 2.40 bits per heavy atom. The number of aliphatic hydroxyl groups is 1. The van der Waals surface area contributed by atoms with E-state index in [9.17, 15) is 5.11 Å². The molecule has 2 aliphatic rings. The molecule has 2 nitrogen and oxygen atoms in total. The van der Waals surface area contributed by atoms with Crippen LogP contribution in [0.15, 0.2) is 0 Å². The van der Waals surface area contributed by atoms with Gasteiger partial charge in [0.15, 0.2) is 0 Å². The summed E-state index contributed by atoms with van der Waals surface area (Å²) < 4.78 is 0. The van der Waals surface area contributed by atoms with E-state index in [2.05, 4.69) is 18.7 Å². The van der Waals surface area contributed by atoms with E-state index in [1.165, 1.54) is 32.2 Å². The molecule has 1 saturated carbocycles. The molecule has 0 spiro atoms. The molecular weight excluding hydrogens is 186 g/mol. The molecule has 2 fully saturated rings. The van der Waals surface area contributed by atoms with Crippen LogP contribution in [0.5, 0.6) is 0 Å². The molecule has 88 valence electrons. The molecule has 0 unspecified atom stereocenters. The topological polar surface area (TPSA) is 23.5 Å². The molecule has 0 aromatic heterocycles. The van der Waals surface area contributed by atoms with Crippen molar-refractivity contribution in [2.24, 2.45) is 11.3 Å². The summed E-state index contributed by atoms with van der Waals surface area (Å²) in [5.74, 6) is 0.892. The minimum atomic E-state index is -0.0509. The van der Waals surface area contributed by atoms with Crippen molar-refractivity contribution < 1.29 is 5.11 Å². The molecule has 0 bridgehead atoms. The van der Waals surface area contributed by atoms with Crippen molar-refractivity contribution in [3.05, 3.63) is 0 Å². The van der Waals surface area contributed by atoms with E-state index in [1.807, 2.05) is 0 Å². The van der Waals surface area contributed by atoms with Gasteiger partial charge in [-0.25, -0.2) is 0 Å². The van der Waals surface area contributed by atoms with Crippen LogP contribution in [-0.2, 0) is 0 Å². The molecule has 0 aromatic carbocycles. The Morgan fingerprint density at radius 2 is 1.87 bits per heavy atom. The lowest BCUT2D eigenvalue weighted by molar-refractivity contribution is 0.139. The van der Waals surface area contributed by atoms with E-state index in [1.54, 1.807) is 0 Å². The third kappa shape index (κ3) is 3.18. The SMILES string of the molecule is CC1(C)CCC(CN2CC[C@@H](O)C2)CC1. The van der Waals surface area contributed by atoms with Crippen LogP contribution < -0.4 is 0 Å². The maximum Gasteiger partial charge on any atom is 0.0679 e. The second kappa shape index (κ2) is 4.42. The summed E-state index contributed by atoms with van der Waals surface area (Å²) in [5, 5.41) is 9.47. The number of rotatable bonds is 2. The molecule has 0 radical (unpaired) electrons. The Bertz CT molecular complexity index is 205. The zero-order chi connectivity index (χ0) is 10.9. The first-order valence-corrected chi connectivity index (χ1v) is 6.46. The summed E-state index contributed by atoms with van der Waals surface area (Å²) in [6.07, 6.45) is 6.48. The average molecular weight is 211 g/mol. The van der Waals surface area contributed by atoms with Gasteiger partial charge in [0.1, 0.15) is 0 Å². The average Bonchev–Trinajstić information content (AvgIpc) is 2.55. The van der Waals surface area contributed by atoms with E-state index in [4.69, 9.17) is 0 Å². The lowest BCUT2D eigenvalue weighted by Gasteiger charge is -2.35. The first-order valence-electron chi connectivity index (χ1n) is 6.46. The van der Waals surface area contributed by atoms with Gasteiger partial charge in [-0.3, -0.25) is 0 Å². The van der Waals surface area contributed by atoms with Crippen molar-refractivity contribution in [2.45, 2.75) is 52.1 Å². The number of aliphatic hydroxyl groups excluding tert-OH is 1. The normalized spacial score (nSPS) is 33.4. The predicted molar refractivity (Wildman–Crippen MR) is 62.8 cm³/mol. The van der Waals surface area contributed by atoms with Gasteiger partial charge in [-0.2, -0.15) is 0 Å². The van der Waals surface area contributed by atoms with Crippen LogP contribution >= 0.6 is 0 Å². The highest BCUT2D eigenvalue weighted by Crippen LogP contribution is 2.38. The van der Waals surface area contributed by atoms with Gasteiger partial charge in [0.05, 0.1) is 6.10 Å². The first kappa shape index (κ1) is 11.4. The highest BCUT2D eigenvalue weighted by molar-refractivity contribution is 4.82. The van der Waals surface area contributed by atoms with Gasteiger partial charge in [-0.05, 0) is 43.4 Å². The Hall–Kier alpha value is -0.0800. The zero-order valence-electron chi connectivity index (χ0n) is 10.2. The molecule has 15 heavy (non-hydrogen) atoms. The van der Waals surface area contributed by atoms with Crippen LogP contribution in [0.4, 0.5) is 0 Å². The Balaban J connectivity index is 1.73. The fraction of sp³-hybridized carbons (Fsp3) is 1.00. The van der Waals surface area contributed by atoms with Gasteiger partial charge >= 0.3 is 0 Å². The standard InChI is InChI=1S/C13H25NO/c1-13(2)6-3-11(4-7-13)9-14-8-5-12(15)10-14/h11-12,15H,3-10H2,1-2H3/t12-/m1/s1. The van der Waals surface area contributed by atoms with Gasteiger partial charge in [-0.1, -0.05) is 13.8 Å². The first-order chi connectivity index (χ1) is 7.05. The van der Waals surface area contributed by atoms with Crippen LogP contribution in [0.25, 0.3) is 0 Å². The number of hydrogen-bond acceptors (Lipinski definition) is 2. The van der Waals surface area contributed by atoms with Crippen molar-refractivity contribution in [3.8, 4) is 0 Å². The van der Waals surface area contributed by atoms with E-state index < -0.39 is 0 Å². The van der Waals surface area contributed by atoms with Gasteiger partial charge < -0.3 is 10.0 Å². The molecule has 1 saturated heterocycles. The predicted octanol–water partition coefficient (Wildman–Crippen LogP) is 2.27. The van der Waals surface area contributed by atoms with Crippen LogP contribution in [0.3, 0.4) is 0 Å². The highest BCUT2D eigenvalue weighted by atomic mass is 16.3. The van der Waals surface area contributed by atoms with Crippen molar-refractivity contribution in [2.75, 3.05) is 19.6 Å².